The van der Waals surface area contributed by atoms with E-state index in [-0.39, 0.29) is 35.3 Å². The van der Waals surface area contributed by atoms with Crippen molar-refractivity contribution in [3.63, 3.8) is 0 Å². The number of carbonyl (C=O) groups excluding carboxylic acids is 4. The molecule has 1 rings (SSSR count). The molecule has 6 nitrogen and oxygen atoms in total. The molecule has 0 aliphatic rings. The van der Waals surface area contributed by atoms with Crippen molar-refractivity contribution in [2.75, 3.05) is 14.1 Å². The molecule has 0 aromatic heterocycles. The fourth-order valence-electron chi connectivity index (χ4n) is 2.55. The van der Waals surface area contributed by atoms with Crippen LogP contribution in [0.25, 0.3) is 0 Å². The van der Waals surface area contributed by atoms with Crippen molar-refractivity contribution in [3.8, 4) is 0 Å². The van der Waals surface area contributed by atoms with Gasteiger partial charge in [0, 0.05) is 26.1 Å². The first-order chi connectivity index (χ1) is 11.7. The van der Waals surface area contributed by atoms with E-state index in [1.165, 1.54) is 19.0 Å². The minimum Gasteiger partial charge on any atom is -0.357 e. The summed E-state index contributed by atoms with van der Waals surface area (Å²) in [6.07, 6.45) is 1.75. The van der Waals surface area contributed by atoms with Crippen molar-refractivity contribution < 1.29 is 19.2 Å². The quantitative estimate of drug-likeness (QED) is 0.765. The van der Waals surface area contributed by atoms with E-state index in [9.17, 15) is 19.2 Å². The molecule has 0 bridgehead atoms. The fourth-order valence-corrected chi connectivity index (χ4v) is 2.55. The van der Waals surface area contributed by atoms with E-state index in [1.807, 2.05) is 26.8 Å². The van der Waals surface area contributed by atoms with Crippen molar-refractivity contribution in [2.24, 2.45) is 0 Å². The molecule has 0 heterocycles. The molecule has 1 aromatic rings. The van der Waals surface area contributed by atoms with E-state index in [0.717, 1.165) is 5.56 Å². The minimum atomic E-state index is -0.774. The Hall–Kier alpha value is -2.50. The highest BCUT2D eigenvalue weighted by atomic mass is 16.2. The molecule has 1 atom stereocenters. The van der Waals surface area contributed by atoms with Crippen LogP contribution in [0.3, 0.4) is 0 Å². The van der Waals surface area contributed by atoms with Gasteiger partial charge in [-0.25, -0.2) is 0 Å². The van der Waals surface area contributed by atoms with Gasteiger partial charge >= 0.3 is 0 Å². The van der Waals surface area contributed by atoms with E-state index in [4.69, 9.17) is 0 Å². The van der Waals surface area contributed by atoms with E-state index in [1.54, 1.807) is 12.1 Å². The van der Waals surface area contributed by atoms with Crippen molar-refractivity contribution in [3.05, 3.63) is 34.9 Å². The zero-order valence-electron chi connectivity index (χ0n) is 15.5. The van der Waals surface area contributed by atoms with Crippen LogP contribution in [0.4, 0.5) is 0 Å². The zero-order valence-corrected chi connectivity index (χ0v) is 15.5. The maximum Gasteiger partial charge on any atom is 0.255 e. The van der Waals surface area contributed by atoms with Crippen LogP contribution in [0, 0.1) is 0 Å². The van der Waals surface area contributed by atoms with Crippen molar-refractivity contribution in [1.82, 2.24) is 10.2 Å². The number of hydrogen-bond acceptors (Lipinski definition) is 4. The van der Waals surface area contributed by atoms with E-state index < -0.39 is 11.9 Å². The number of aldehydes is 2. The Morgan fingerprint density at radius 3 is 2.36 bits per heavy atom. The highest BCUT2D eigenvalue weighted by molar-refractivity contribution is 6.03. The van der Waals surface area contributed by atoms with Gasteiger partial charge in [-0.2, -0.15) is 0 Å². The summed E-state index contributed by atoms with van der Waals surface area (Å²) < 4.78 is 0. The molecule has 0 spiro atoms. The lowest BCUT2D eigenvalue weighted by atomic mass is 9.85. The molecule has 0 radical (unpaired) electrons. The predicted octanol–water partition coefficient (Wildman–Crippen LogP) is 1.96. The summed E-state index contributed by atoms with van der Waals surface area (Å²) in [5.41, 5.74) is 1.32. The molecule has 6 heteroatoms. The van der Waals surface area contributed by atoms with Crippen molar-refractivity contribution in [2.45, 2.75) is 45.1 Å². The van der Waals surface area contributed by atoms with E-state index in [2.05, 4.69) is 5.32 Å². The molecule has 1 N–H and O–H groups in total. The summed E-state index contributed by atoms with van der Waals surface area (Å²) in [5.74, 6) is -0.779. The first-order valence-corrected chi connectivity index (χ1v) is 8.19. The molecule has 0 aliphatic heterocycles. The molecule has 1 aromatic carbocycles. The summed E-state index contributed by atoms with van der Waals surface area (Å²) in [6.45, 7) is 6.06. The molecule has 2 amide bonds. The van der Waals surface area contributed by atoms with Crippen LogP contribution in [-0.2, 0) is 15.0 Å². The average molecular weight is 346 g/mol. The zero-order chi connectivity index (χ0) is 19.2. The number of likely N-dealkylation sites (N-methyl/N-ethyl adjacent to an activating group) is 2. The van der Waals surface area contributed by atoms with Gasteiger partial charge in [0.05, 0.1) is 5.56 Å². The lowest BCUT2D eigenvalue weighted by molar-refractivity contribution is -0.125. The van der Waals surface area contributed by atoms with Crippen LogP contribution < -0.4 is 5.32 Å². The Morgan fingerprint density at radius 2 is 1.88 bits per heavy atom. The van der Waals surface area contributed by atoms with Crippen LogP contribution in [0.2, 0.25) is 0 Å². The van der Waals surface area contributed by atoms with Crippen LogP contribution in [0.5, 0.6) is 0 Å². The second kappa shape index (κ2) is 8.55. The fraction of sp³-hybridized carbons (Fsp3) is 0.474. The Kier molecular flexibility index (Phi) is 7.03. The number of nitrogens with zero attached hydrogens (tertiary/aromatic N) is 1. The van der Waals surface area contributed by atoms with Crippen LogP contribution in [0.1, 0.15) is 59.9 Å². The molecule has 1 unspecified atom stereocenters. The third-order valence-electron chi connectivity index (χ3n) is 4.17. The maximum absolute atomic E-state index is 12.8. The number of carbonyl (C=O) groups is 4. The Morgan fingerprint density at radius 1 is 1.24 bits per heavy atom. The molecule has 0 saturated carbocycles. The van der Waals surface area contributed by atoms with Crippen molar-refractivity contribution in [1.29, 1.82) is 0 Å². The highest BCUT2D eigenvalue weighted by Gasteiger charge is 2.28. The molecular weight excluding hydrogens is 320 g/mol. The lowest BCUT2D eigenvalue weighted by Crippen LogP contribution is -2.47. The second-order valence-corrected chi connectivity index (χ2v) is 6.96. The third-order valence-corrected chi connectivity index (χ3v) is 4.17. The largest absolute Gasteiger partial charge is 0.357 e. The average Bonchev–Trinajstić information content (AvgIpc) is 2.59. The third kappa shape index (κ3) is 4.98. The van der Waals surface area contributed by atoms with Gasteiger partial charge < -0.3 is 15.0 Å². The van der Waals surface area contributed by atoms with Gasteiger partial charge in [-0.3, -0.25) is 14.4 Å². The van der Waals surface area contributed by atoms with E-state index >= 15 is 0 Å². The molecular formula is C19H26N2O4. The molecule has 0 aliphatic carbocycles. The number of nitrogens with one attached hydrogen (secondary N) is 1. The predicted molar refractivity (Wildman–Crippen MR) is 95.8 cm³/mol. The monoisotopic (exact) mass is 346 g/mol. The van der Waals surface area contributed by atoms with Crippen LogP contribution >= 0.6 is 0 Å². The Balaban J connectivity index is 3.21. The molecule has 0 saturated heterocycles. The summed E-state index contributed by atoms with van der Waals surface area (Å²) in [4.78, 5) is 48.2. The Labute approximate surface area is 148 Å². The summed E-state index contributed by atoms with van der Waals surface area (Å²) >= 11 is 0. The minimum absolute atomic E-state index is 0.153. The number of benzene rings is 1. The van der Waals surface area contributed by atoms with Gasteiger partial charge in [0.25, 0.3) is 5.91 Å². The smallest absolute Gasteiger partial charge is 0.255 e. The SMILES string of the molecule is CNC(=O)C(CCC=O)N(C)C(=O)c1ccc(C(C)(C)C)cc1C=O. The maximum atomic E-state index is 12.8. The number of rotatable bonds is 7. The summed E-state index contributed by atoms with van der Waals surface area (Å²) in [6, 6.07) is 4.36. The normalized spacial score (nSPS) is 12.2. The van der Waals surface area contributed by atoms with E-state index in [0.29, 0.717) is 12.6 Å². The highest BCUT2D eigenvalue weighted by Crippen LogP contribution is 2.25. The molecule has 25 heavy (non-hydrogen) atoms. The second-order valence-electron chi connectivity index (χ2n) is 6.96. The van der Waals surface area contributed by atoms with Crippen LogP contribution in [0.15, 0.2) is 18.2 Å². The van der Waals surface area contributed by atoms with Gasteiger partial charge in [0.15, 0.2) is 6.29 Å². The summed E-state index contributed by atoms with van der Waals surface area (Å²) in [7, 11) is 2.98. The van der Waals surface area contributed by atoms with Gasteiger partial charge in [0.2, 0.25) is 5.91 Å². The number of amides is 2. The lowest BCUT2D eigenvalue weighted by Gasteiger charge is -2.27. The van der Waals surface area contributed by atoms with Gasteiger partial charge in [0.1, 0.15) is 12.3 Å². The first-order valence-electron chi connectivity index (χ1n) is 8.19. The summed E-state index contributed by atoms with van der Waals surface area (Å²) in [5, 5.41) is 2.50. The topological polar surface area (TPSA) is 83.6 Å². The first kappa shape index (κ1) is 20.5. The van der Waals surface area contributed by atoms with Gasteiger partial charge in [-0.15, -0.1) is 0 Å². The van der Waals surface area contributed by atoms with Gasteiger partial charge in [-0.05, 0) is 29.5 Å². The van der Waals surface area contributed by atoms with Gasteiger partial charge in [-0.1, -0.05) is 26.8 Å². The van der Waals surface area contributed by atoms with Crippen LogP contribution in [-0.4, -0.2) is 49.4 Å². The standard InChI is InChI=1S/C19H26N2O4/c1-19(2,3)14-8-9-15(13(11-14)12-23)18(25)21(5)16(7-6-10-22)17(24)20-4/h8-12,16H,6-7H2,1-5H3,(H,20,24). The number of hydrogen-bond donors (Lipinski definition) is 1. The molecule has 136 valence electrons. The molecule has 0 fully saturated rings. The van der Waals surface area contributed by atoms with Crippen molar-refractivity contribution >= 4 is 24.4 Å². The Bertz CT molecular complexity index is 662.